The van der Waals surface area contributed by atoms with Crippen LogP contribution < -0.4 is 14.9 Å². The predicted octanol–water partition coefficient (Wildman–Crippen LogP) is 3.70. The van der Waals surface area contributed by atoms with Crippen LogP contribution in [0.4, 0.5) is 5.69 Å². The number of halogens is 1. The lowest BCUT2D eigenvalue weighted by Gasteiger charge is -2.07. The standard InChI is InChI=1S/C20H14BrN3O7/c21-15-10-14(24(27)28)7-8-17(15)30-12-19(25)23-22-11-13-4-1-2-5-16(13)31-20(26)18-6-3-9-29-18/h1-11H,12H2,(H,23,25)/b22-11+. The maximum absolute atomic E-state index is 12.0. The molecule has 158 valence electrons. The molecule has 0 bridgehead atoms. The fraction of sp³-hybridized carbons (Fsp3) is 0.0500. The van der Waals surface area contributed by atoms with Crippen molar-refractivity contribution in [1.29, 1.82) is 0 Å². The molecule has 0 radical (unpaired) electrons. The third-order valence-corrected chi connectivity index (χ3v) is 4.34. The summed E-state index contributed by atoms with van der Waals surface area (Å²) in [5.74, 6) is -0.689. The molecule has 10 nitrogen and oxygen atoms in total. The van der Waals surface area contributed by atoms with Gasteiger partial charge in [0.25, 0.3) is 11.6 Å². The molecule has 0 unspecified atom stereocenters. The average Bonchev–Trinajstić information content (AvgIpc) is 3.29. The third-order valence-electron chi connectivity index (χ3n) is 3.72. The summed E-state index contributed by atoms with van der Waals surface area (Å²) in [6.07, 6.45) is 2.67. The van der Waals surface area contributed by atoms with E-state index in [2.05, 4.69) is 26.5 Å². The number of carbonyl (C=O) groups excluding carboxylic acids is 2. The predicted molar refractivity (Wildman–Crippen MR) is 112 cm³/mol. The van der Waals surface area contributed by atoms with E-state index in [1.807, 2.05) is 0 Å². The number of amides is 1. The molecular formula is C20H14BrN3O7. The minimum atomic E-state index is -0.669. The summed E-state index contributed by atoms with van der Waals surface area (Å²) < 4.78 is 15.9. The number of ether oxygens (including phenoxy) is 2. The van der Waals surface area contributed by atoms with Crippen molar-refractivity contribution >= 4 is 39.7 Å². The van der Waals surface area contributed by atoms with Crippen LogP contribution in [0.3, 0.4) is 0 Å². The van der Waals surface area contributed by atoms with Crippen LogP contribution in [-0.4, -0.2) is 29.6 Å². The summed E-state index contributed by atoms with van der Waals surface area (Å²) in [6.45, 7) is -0.372. The number of furan rings is 1. The Kier molecular flexibility index (Phi) is 7.12. The first-order valence-corrected chi connectivity index (χ1v) is 9.46. The SMILES string of the molecule is O=C(COc1ccc([N+](=O)[O-])cc1Br)N/N=C/c1ccccc1OC(=O)c1ccco1. The second-order valence-corrected chi connectivity index (χ2v) is 6.71. The first-order chi connectivity index (χ1) is 14.9. The zero-order valence-electron chi connectivity index (χ0n) is 15.7. The molecule has 0 aliphatic carbocycles. The lowest BCUT2D eigenvalue weighted by molar-refractivity contribution is -0.384. The van der Waals surface area contributed by atoms with Crippen molar-refractivity contribution in [3.05, 3.63) is 86.8 Å². The Labute approximate surface area is 183 Å². The number of para-hydroxylation sites is 1. The fourth-order valence-electron chi connectivity index (χ4n) is 2.29. The fourth-order valence-corrected chi connectivity index (χ4v) is 2.78. The van der Waals surface area contributed by atoms with Gasteiger partial charge in [0.2, 0.25) is 5.76 Å². The number of nitro benzene ring substituents is 1. The minimum Gasteiger partial charge on any atom is -0.483 e. The number of nitrogens with one attached hydrogen (secondary N) is 1. The van der Waals surface area contributed by atoms with Crippen molar-refractivity contribution in [2.24, 2.45) is 5.10 Å². The van der Waals surface area contributed by atoms with Crippen LogP contribution in [0.1, 0.15) is 16.1 Å². The smallest absolute Gasteiger partial charge is 0.379 e. The van der Waals surface area contributed by atoms with Crippen LogP contribution in [0.5, 0.6) is 11.5 Å². The van der Waals surface area contributed by atoms with E-state index in [1.54, 1.807) is 30.3 Å². The Morgan fingerprint density at radius 2 is 1.97 bits per heavy atom. The van der Waals surface area contributed by atoms with Gasteiger partial charge >= 0.3 is 5.97 Å². The number of nitrogens with zero attached hydrogens (tertiary/aromatic N) is 2. The highest BCUT2D eigenvalue weighted by Crippen LogP contribution is 2.29. The molecule has 2 aromatic carbocycles. The summed E-state index contributed by atoms with van der Waals surface area (Å²) in [5, 5.41) is 14.6. The second kappa shape index (κ2) is 10.2. The zero-order valence-corrected chi connectivity index (χ0v) is 17.3. The molecule has 11 heteroatoms. The Morgan fingerprint density at radius 1 is 1.16 bits per heavy atom. The van der Waals surface area contributed by atoms with Crippen molar-refractivity contribution in [2.75, 3.05) is 6.61 Å². The van der Waals surface area contributed by atoms with Gasteiger partial charge in [-0.25, -0.2) is 10.2 Å². The van der Waals surface area contributed by atoms with E-state index < -0.39 is 16.8 Å². The molecule has 3 rings (SSSR count). The number of benzene rings is 2. The van der Waals surface area contributed by atoms with Crippen LogP contribution in [0.15, 0.2) is 74.9 Å². The number of non-ortho nitro benzene ring substituents is 1. The topological polar surface area (TPSA) is 133 Å². The minimum absolute atomic E-state index is 0.0506. The van der Waals surface area contributed by atoms with Crippen LogP contribution in [0.25, 0.3) is 0 Å². The van der Waals surface area contributed by atoms with E-state index in [9.17, 15) is 19.7 Å². The number of hydrogen-bond acceptors (Lipinski definition) is 8. The number of esters is 1. The molecule has 3 aromatic rings. The van der Waals surface area contributed by atoms with Gasteiger partial charge in [-0.15, -0.1) is 0 Å². The molecule has 31 heavy (non-hydrogen) atoms. The third kappa shape index (κ3) is 6.00. The van der Waals surface area contributed by atoms with E-state index >= 15 is 0 Å². The summed E-state index contributed by atoms with van der Waals surface area (Å²) in [4.78, 5) is 34.2. The van der Waals surface area contributed by atoms with Crippen LogP contribution in [-0.2, 0) is 4.79 Å². The van der Waals surface area contributed by atoms with Gasteiger partial charge in [0, 0.05) is 17.7 Å². The molecule has 0 spiro atoms. The highest BCUT2D eigenvalue weighted by molar-refractivity contribution is 9.10. The Balaban J connectivity index is 1.55. The van der Waals surface area contributed by atoms with Crippen molar-refractivity contribution in [2.45, 2.75) is 0 Å². The highest BCUT2D eigenvalue weighted by Gasteiger charge is 2.14. The largest absolute Gasteiger partial charge is 0.483 e. The van der Waals surface area contributed by atoms with Crippen molar-refractivity contribution in [3.8, 4) is 11.5 Å². The van der Waals surface area contributed by atoms with Crippen molar-refractivity contribution in [3.63, 3.8) is 0 Å². The number of hydrogen-bond donors (Lipinski definition) is 1. The van der Waals surface area contributed by atoms with E-state index in [0.29, 0.717) is 10.0 Å². The molecule has 0 aliphatic rings. The monoisotopic (exact) mass is 487 g/mol. The normalized spacial score (nSPS) is 10.6. The summed E-state index contributed by atoms with van der Waals surface area (Å²) in [5.41, 5.74) is 2.62. The number of nitro groups is 1. The molecule has 0 aliphatic heterocycles. The van der Waals surface area contributed by atoms with Gasteiger partial charge in [-0.2, -0.15) is 5.10 Å². The average molecular weight is 488 g/mol. The van der Waals surface area contributed by atoms with Crippen LogP contribution in [0, 0.1) is 10.1 Å². The van der Waals surface area contributed by atoms with Crippen LogP contribution >= 0.6 is 15.9 Å². The van der Waals surface area contributed by atoms with Gasteiger partial charge in [0.05, 0.1) is 21.9 Å². The number of carbonyl (C=O) groups is 2. The quantitative estimate of drug-likeness (QED) is 0.168. The molecule has 1 heterocycles. The Bertz CT molecular complexity index is 1130. The Hall–Kier alpha value is -3.99. The van der Waals surface area contributed by atoms with Crippen LogP contribution in [0.2, 0.25) is 0 Å². The van der Waals surface area contributed by atoms with Gasteiger partial charge < -0.3 is 13.9 Å². The van der Waals surface area contributed by atoms with Crippen molar-refractivity contribution in [1.82, 2.24) is 5.43 Å². The Morgan fingerprint density at radius 3 is 2.68 bits per heavy atom. The molecule has 1 N–H and O–H groups in total. The maximum atomic E-state index is 12.0. The lowest BCUT2D eigenvalue weighted by Crippen LogP contribution is -2.24. The second-order valence-electron chi connectivity index (χ2n) is 5.86. The van der Waals surface area contributed by atoms with Gasteiger partial charge in [0.1, 0.15) is 11.5 Å². The highest BCUT2D eigenvalue weighted by atomic mass is 79.9. The first kappa shape index (κ1) is 21.7. The molecule has 1 aromatic heterocycles. The zero-order chi connectivity index (χ0) is 22.2. The number of hydrazone groups is 1. The summed E-state index contributed by atoms with van der Waals surface area (Å²) in [7, 11) is 0. The summed E-state index contributed by atoms with van der Waals surface area (Å²) in [6, 6.07) is 13.6. The maximum Gasteiger partial charge on any atom is 0.379 e. The van der Waals surface area contributed by atoms with E-state index in [-0.39, 0.29) is 29.6 Å². The molecular weight excluding hydrogens is 474 g/mol. The molecule has 0 atom stereocenters. The molecule has 0 saturated carbocycles. The summed E-state index contributed by atoms with van der Waals surface area (Å²) >= 11 is 3.15. The molecule has 0 fully saturated rings. The van der Waals surface area contributed by atoms with E-state index in [4.69, 9.17) is 13.9 Å². The van der Waals surface area contributed by atoms with E-state index in [1.165, 1.54) is 36.7 Å². The van der Waals surface area contributed by atoms with Gasteiger partial charge in [-0.05, 0) is 46.3 Å². The molecule has 1 amide bonds. The number of rotatable bonds is 8. The lowest BCUT2D eigenvalue weighted by atomic mass is 10.2. The van der Waals surface area contributed by atoms with Gasteiger partial charge in [0.15, 0.2) is 6.61 Å². The van der Waals surface area contributed by atoms with Gasteiger partial charge in [-0.3, -0.25) is 14.9 Å². The van der Waals surface area contributed by atoms with E-state index in [0.717, 1.165) is 0 Å². The van der Waals surface area contributed by atoms with Crippen molar-refractivity contribution < 1.29 is 28.4 Å². The first-order valence-electron chi connectivity index (χ1n) is 8.67. The molecule has 0 saturated heterocycles. The van der Waals surface area contributed by atoms with Gasteiger partial charge in [-0.1, -0.05) is 12.1 Å².